The molecule has 0 fully saturated rings. The van der Waals surface area contributed by atoms with Gasteiger partial charge in [-0.2, -0.15) is 0 Å². The molecule has 0 saturated heterocycles. The lowest BCUT2D eigenvalue weighted by Gasteiger charge is -2.10. The SMILES string of the molecule is CCCCCCCCCC/C=C/CCCCC(C)C(=O)[O-]. The number of hydrogen-bond donors (Lipinski definition) is 0. The normalized spacial score (nSPS) is 12.9. The van der Waals surface area contributed by atoms with Crippen molar-refractivity contribution in [2.75, 3.05) is 0 Å². The van der Waals surface area contributed by atoms with Gasteiger partial charge in [-0.05, 0) is 38.0 Å². The largest absolute Gasteiger partial charge is 0.550 e. The summed E-state index contributed by atoms with van der Waals surface area (Å²) in [5.74, 6) is -1.22. The van der Waals surface area contributed by atoms with Crippen molar-refractivity contribution >= 4 is 5.97 Å². The molecule has 1 unspecified atom stereocenters. The van der Waals surface area contributed by atoms with Crippen LogP contribution >= 0.6 is 0 Å². The van der Waals surface area contributed by atoms with Gasteiger partial charge in [0.05, 0.1) is 0 Å². The Hall–Kier alpha value is -0.790. The van der Waals surface area contributed by atoms with Crippen molar-refractivity contribution in [1.29, 1.82) is 0 Å². The maximum absolute atomic E-state index is 10.5. The molecule has 2 heteroatoms. The average molecular weight is 295 g/mol. The summed E-state index contributed by atoms with van der Waals surface area (Å²) in [5.41, 5.74) is 0. The highest BCUT2D eigenvalue weighted by molar-refractivity contribution is 5.66. The molecule has 0 amide bonds. The number of rotatable bonds is 15. The van der Waals surface area contributed by atoms with Crippen molar-refractivity contribution in [3.63, 3.8) is 0 Å². The molecular formula is C19H35O2-. The predicted molar refractivity (Wildman–Crippen MR) is 89.0 cm³/mol. The molecule has 0 aliphatic carbocycles. The van der Waals surface area contributed by atoms with Gasteiger partial charge in [0.1, 0.15) is 0 Å². The van der Waals surface area contributed by atoms with Crippen molar-refractivity contribution in [2.24, 2.45) is 5.92 Å². The Morgan fingerprint density at radius 2 is 1.33 bits per heavy atom. The van der Waals surface area contributed by atoms with Crippen molar-refractivity contribution in [2.45, 2.75) is 97.3 Å². The smallest absolute Gasteiger partial charge is 0.0442 e. The zero-order chi connectivity index (χ0) is 15.8. The number of carbonyl (C=O) groups is 1. The third-order valence-corrected chi connectivity index (χ3v) is 4.05. The summed E-state index contributed by atoms with van der Waals surface area (Å²) in [6.07, 6.45) is 20.6. The average Bonchev–Trinajstić information content (AvgIpc) is 2.47. The van der Waals surface area contributed by atoms with Gasteiger partial charge >= 0.3 is 0 Å². The van der Waals surface area contributed by atoms with Crippen LogP contribution in [-0.4, -0.2) is 5.97 Å². The first-order valence-electron chi connectivity index (χ1n) is 9.04. The zero-order valence-corrected chi connectivity index (χ0v) is 14.2. The van der Waals surface area contributed by atoms with Crippen LogP contribution in [0.2, 0.25) is 0 Å². The van der Waals surface area contributed by atoms with E-state index in [2.05, 4.69) is 19.1 Å². The Morgan fingerprint density at radius 3 is 1.86 bits per heavy atom. The van der Waals surface area contributed by atoms with Crippen LogP contribution in [0.5, 0.6) is 0 Å². The number of unbranched alkanes of at least 4 members (excludes halogenated alkanes) is 10. The lowest BCUT2D eigenvalue weighted by molar-refractivity contribution is -0.311. The minimum absolute atomic E-state index is 0.300. The highest BCUT2D eigenvalue weighted by atomic mass is 16.4. The molecule has 0 aliphatic heterocycles. The molecule has 124 valence electrons. The highest BCUT2D eigenvalue weighted by Crippen LogP contribution is 2.11. The van der Waals surface area contributed by atoms with E-state index in [0.717, 1.165) is 25.7 Å². The molecule has 0 aromatic carbocycles. The fraction of sp³-hybridized carbons (Fsp3) is 0.842. The van der Waals surface area contributed by atoms with Crippen molar-refractivity contribution < 1.29 is 9.90 Å². The van der Waals surface area contributed by atoms with Gasteiger partial charge in [0.25, 0.3) is 0 Å². The van der Waals surface area contributed by atoms with E-state index < -0.39 is 5.97 Å². The minimum atomic E-state index is -0.916. The Morgan fingerprint density at radius 1 is 0.857 bits per heavy atom. The summed E-state index contributed by atoms with van der Waals surface area (Å²) in [7, 11) is 0. The first-order chi connectivity index (χ1) is 10.2. The van der Waals surface area contributed by atoms with Gasteiger partial charge in [-0.1, -0.05) is 77.4 Å². The molecule has 21 heavy (non-hydrogen) atoms. The van der Waals surface area contributed by atoms with E-state index in [0.29, 0.717) is 0 Å². The van der Waals surface area contributed by atoms with Crippen LogP contribution in [0.3, 0.4) is 0 Å². The second-order valence-corrected chi connectivity index (χ2v) is 6.24. The van der Waals surface area contributed by atoms with E-state index in [1.807, 2.05) is 0 Å². The van der Waals surface area contributed by atoms with Crippen LogP contribution in [0.15, 0.2) is 12.2 Å². The molecule has 0 heterocycles. The fourth-order valence-electron chi connectivity index (χ4n) is 2.46. The molecular weight excluding hydrogens is 260 g/mol. The summed E-state index contributed by atoms with van der Waals surface area (Å²) >= 11 is 0. The Labute approximate surface area is 132 Å². The summed E-state index contributed by atoms with van der Waals surface area (Å²) in [4.78, 5) is 10.5. The maximum atomic E-state index is 10.5. The fourth-order valence-corrected chi connectivity index (χ4v) is 2.46. The zero-order valence-electron chi connectivity index (χ0n) is 14.2. The Balaban J connectivity index is 3.17. The molecule has 0 rings (SSSR count). The number of hydrogen-bond acceptors (Lipinski definition) is 2. The quantitative estimate of drug-likeness (QED) is 0.314. The molecule has 0 aromatic rings. The predicted octanol–water partition coefficient (Wildman–Crippen LogP) is 5.02. The molecule has 0 radical (unpaired) electrons. The first-order valence-corrected chi connectivity index (χ1v) is 9.04. The summed E-state index contributed by atoms with van der Waals surface area (Å²) in [6, 6.07) is 0. The van der Waals surface area contributed by atoms with E-state index in [9.17, 15) is 9.90 Å². The molecule has 1 atom stereocenters. The number of carbonyl (C=O) groups excluding carboxylic acids is 1. The summed E-state index contributed by atoms with van der Waals surface area (Å²) < 4.78 is 0. The Kier molecular flexibility index (Phi) is 15.0. The summed E-state index contributed by atoms with van der Waals surface area (Å²) in [6.45, 7) is 3.99. The maximum Gasteiger partial charge on any atom is 0.0442 e. The molecule has 0 N–H and O–H groups in total. The van der Waals surface area contributed by atoms with E-state index >= 15 is 0 Å². The van der Waals surface area contributed by atoms with E-state index in [1.165, 1.54) is 57.8 Å². The number of allylic oxidation sites excluding steroid dienone is 2. The third kappa shape index (κ3) is 15.4. The Bertz CT molecular complexity index is 258. The molecule has 0 saturated carbocycles. The van der Waals surface area contributed by atoms with Crippen LogP contribution in [0.25, 0.3) is 0 Å². The van der Waals surface area contributed by atoms with E-state index in [1.54, 1.807) is 6.92 Å². The number of carboxylic acid groups (broad SMARTS) is 1. The topological polar surface area (TPSA) is 40.1 Å². The first kappa shape index (κ1) is 20.2. The monoisotopic (exact) mass is 295 g/mol. The van der Waals surface area contributed by atoms with Crippen LogP contribution in [-0.2, 0) is 4.79 Å². The molecule has 0 aliphatic rings. The summed E-state index contributed by atoms with van der Waals surface area (Å²) in [5, 5.41) is 10.5. The van der Waals surface area contributed by atoms with Gasteiger partial charge in [0, 0.05) is 5.97 Å². The standard InChI is InChI=1S/C19H36O2/c1-3-4-5-6-7-8-9-10-11-12-13-14-15-16-17-18(2)19(20)21/h12-13,18H,3-11,14-17H2,1-2H3,(H,20,21)/p-1/b13-12+. The second-order valence-electron chi connectivity index (χ2n) is 6.24. The third-order valence-electron chi connectivity index (χ3n) is 4.05. The van der Waals surface area contributed by atoms with Crippen molar-refractivity contribution in [1.82, 2.24) is 0 Å². The van der Waals surface area contributed by atoms with Crippen LogP contribution in [0, 0.1) is 5.92 Å². The lowest BCUT2D eigenvalue weighted by Crippen LogP contribution is -2.29. The van der Waals surface area contributed by atoms with Crippen LogP contribution in [0.1, 0.15) is 97.3 Å². The van der Waals surface area contributed by atoms with E-state index in [-0.39, 0.29) is 5.92 Å². The molecule has 0 aromatic heterocycles. The number of aliphatic carboxylic acids is 1. The van der Waals surface area contributed by atoms with Gasteiger partial charge in [-0.3, -0.25) is 0 Å². The number of carboxylic acids is 1. The van der Waals surface area contributed by atoms with E-state index in [4.69, 9.17) is 0 Å². The minimum Gasteiger partial charge on any atom is -0.550 e. The molecule has 0 bridgehead atoms. The highest BCUT2D eigenvalue weighted by Gasteiger charge is 2.00. The van der Waals surface area contributed by atoms with Gasteiger partial charge in [-0.25, -0.2) is 0 Å². The second kappa shape index (κ2) is 15.6. The van der Waals surface area contributed by atoms with Gasteiger partial charge < -0.3 is 9.90 Å². The van der Waals surface area contributed by atoms with Crippen molar-refractivity contribution in [3.8, 4) is 0 Å². The molecule has 2 nitrogen and oxygen atoms in total. The van der Waals surface area contributed by atoms with Gasteiger partial charge in [0.2, 0.25) is 0 Å². The van der Waals surface area contributed by atoms with Gasteiger partial charge in [-0.15, -0.1) is 0 Å². The van der Waals surface area contributed by atoms with Crippen LogP contribution in [0.4, 0.5) is 0 Å². The molecule has 0 spiro atoms. The van der Waals surface area contributed by atoms with Gasteiger partial charge in [0.15, 0.2) is 0 Å². The van der Waals surface area contributed by atoms with Crippen LogP contribution < -0.4 is 5.11 Å². The lowest BCUT2D eigenvalue weighted by atomic mass is 10.0. The van der Waals surface area contributed by atoms with Crippen molar-refractivity contribution in [3.05, 3.63) is 12.2 Å².